The van der Waals surface area contributed by atoms with E-state index < -0.39 is 0 Å². The third kappa shape index (κ3) is 9.48. The van der Waals surface area contributed by atoms with E-state index in [1.807, 2.05) is 4.93 Å². The van der Waals surface area contributed by atoms with Crippen molar-refractivity contribution in [3.8, 4) is 0 Å². The molecule has 0 aliphatic rings. The summed E-state index contributed by atoms with van der Waals surface area (Å²) in [5, 5.41) is 0. The van der Waals surface area contributed by atoms with Gasteiger partial charge in [-0.25, -0.2) is 0 Å². The van der Waals surface area contributed by atoms with Crippen molar-refractivity contribution in [1.29, 1.82) is 0 Å². The van der Waals surface area contributed by atoms with Gasteiger partial charge >= 0.3 is 27.3 Å². The molecule has 0 fully saturated rings. The number of hydrogen-bond acceptors (Lipinski definition) is 1. The van der Waals surface area contributed by atoms with Gasteiger partial charge in [-0.15, -0.1) is 0 Å². The Morgan fingerprint density at radius 2 is 1.25 bits per heavy atom. The van der Waals surface area contributed by atoms with Crippen LogP contribution in [0, 0.1) is 0 Å². The molecule has 28 valence electrons. The maximum absolute atomic E-state index is 2.15. The molecule has 0 bridgehead atoms. The van der Waals surface area contributed by atoms with Crippen LogP contribution in [0.2, 0.25) is 0 Å². The molecule has 1 nitrogen and oxygen atoms in total. The van der Waals surface area contributed by atoms with E-state index in [2.05, 4.69) is 22.6 Å². The topological polar surface area (TPSA) is 35.0 Å². The molecule has 3 N–H and O–H groups in total. The summed E-state index contributed by atoms with van der Waals surface area (Å²) in [6.45, 7) is 0. The molecule has 3 heteroatoms. The average Bonchev–Trinajstić information content (AvgIpc) is 1.00. The fourth-order valence-corrected chi connectivity index (χ4v) is 0. The summed E-state index contributed by atoms with van der Waals surface area (Å²) in [4.78, 5) is 1.97. The van der Waals surface area contributed by atoms with Gasteiger partial charge in [0.05, 0.1) is 0 Å². The summed E-state index contributed by atoms with van der Waals surface area (Å²) in [6, 6.07) is 0. The third-order valence-electron chi connectivity index (χ3n) is 0. The first-order valence-electron chi connectivity index (χ1n) is 0.378. The zero-order valence-corrected chi connectivity index (χ0v) is 10.4. The van der Waals surface area contributed by atoms with Crippen LogP contribution in [0.5, 0.6) is 0 Å². The van der Waals surface area contributed by atoms with Crippen LogP contribution >= 0.6 is 22.6 Å². The molecule has 0 aliphatic carbocycles. The Bertz CT molecular complexity index is 8.00. The average molecular weight is 368 g/mol. The maximum atomic E-state index is 2.15. The van der Waals surface area contributed by atoms with Gasteiger partial charge in [-0.2, -0.15) is 0 Å². The summed E-state index contributed by atoms with van der Waals surface area (Å²) >= 11 is 2.15. The minimum absolute atomic E-state index is 0. The van der Waals surface area contributed by atoms with Crippen LogP contribution in [-0.2, 0) is 0 Å². The van der Waals surface area contributed by atoms with Crippen molar-refractivity contribution in [2.45, 2.75) is 0 Å². The fourth-order valence-electron chi connectivity index (χ4n) is 0. The normalized spacial score (nSPS) is 1.50. The van der Waals surface area contributed by atoms with Gasteiger partial charge in [0.15, 0.2) is 0 Å². The summed E-state index contributed by atoms with van der Waals surface area (Å²) in [5.74, 6) is 0. The molecule has 0 amide bonds. The van der Waals surface area contributed by atoms with E-state index >= 15 is 0 Å². The monoisotopic (exact) mass is 369 g/mol. The second-order valence-corrected chi connectivity index (χ2v) is 0. The van der Waals surface area contributed by atoms with Crippen LogP contribution in [0.3, 0.4) is 0 Å². The van der Waals surface area contributed by atoms with E-state index in [-0.39, 0.29) is 33.4 Å². The molecule has 4 heavy (non-hydrogen) atoms. The molecular weight excluding hydrogens is 360 g/mol. The molecule has 0 saturated heterocycles. The molecule has 0 spiro atoms. The van der Waals surface area contributed by atoms with Gasteiger partial charge in [-0.05, 0) is 4.93 Å². The fraction of sp³-hybridized carbons (Fsp3) is 1.00. The summed E-state index contributed by atoms with van der Waals surface area (Å²) in [5.41, 5.74) is 0. The van der Waals surface area contributed by atoms with Crippen LogP contribution in [0.25, 0.3) is 0 Å². The van der Waals surface area contributed by atoms with Crippen molar-refractivity contribution in [1.82, 2.24) is 6.15 Å². The van der Waals surface area contributed by atoms with Gasteiger partial charge in [0.1, 0.15) is 0 Å². The molecule has 0 aliphatic heterocycles. The van der Waals surface area contributed by atoms with Gasteiger partial charge in [0.2, 0.25) is 0 Å². The van der Waals surface area contributed by atoms with Crippen molar-refractivity contribution in [3.05, 3.63) is 0 Å². The van der Waals surface area contributed by atoms with E-state index in [4.69, 9.17) is 0 Å². The van der Waals surface area contributed by atoms with Gasteiger partial charge in [-0.1, -0.05) is 22.6 Å². The second-order valence-electron chi connectivity index (χ2n) is 0. The number of alkyl halides is 1. The Balaban J connectivity index is -0.00000000500. The van der Waals surface area contributed by atoms with Crippen LogP contribution < -0.4 is 6.15 Å². The van der Waals surface area contributed by atoms with E-state index in [0.29, 0.717) is 0 Å². The number of hydrogen-bond donors (Lipinski definition) is 1. The van der Waals surface area contributed by atoms with Crippen LogP contribution in [0.4, 0.5) is 0 Å². The zero-order chi connectivity index (χ0) is 2.00. The molecule has 0 aromatic carbocycles. The Morgan fingerprint density at radius 1 is 1.25 bits per heavy atom. The van der Waals surface area contributed by atoms with Crippen molar-refractivity contribution in [2.24, 2.45) is 0 Å². The molecule has 0 aromatic rings. The number of rotatable bonds is 0. The van der Waals surface area contributed by atoms with Crippen LogP contribution in [0.15, 0.2) is 0 Å². The minimum atomic E-state index is 0. The van der Waals surface area contributed by atoms with Crippen molar-refractivity contribution in [3.63, 3.8) is 0 Å². The van der Waals surface area contributed by atoms with E-state index in [9.17, 15) is 0 Å². The molecular formula is CH8INPb. The Kier molecular flexibility index (Phi) is 101. The standard InChI is InChI=1S/CH3I.H3N.Pb.2H/c1-2;;;;/h1H3;1H3;;;. The first-order chi connectivity index (χ1) is 1.00. The summed E-state index contributed by atoms with van der Waals surface area (Å²) < 4.78 is 0. The Labute approximate surface area is 60.4 Å². The van der Waals surface area contributed by atoms with Gasteiger partial charge < -0.3 is 6.15 Å². The summed E-state index contributed by atoms with van der Waals surface area (Å²) in [7, 11) is 0. The van der Waals surface area contributed by atoms with Gasteiger partial charge in [0, 0.05) is 0 Å². The first-order valence-corrected chi connectivity index (χ1v) is 2.54. The quantitative estimate of drug-likeness (QED) is 0.373. The van der Waals surface area contributed by atoms with E-state index in [1.54, 1.807) is 0 Å². The molecule has 0 unspecified atom stereocenters. The van der Waals surface area contributed by atoms with E-state index in [1.165, 1.54) is 0 Å². The third-order valence-corrected chi connectivity index (χ3v) is 0. The van der Waals surface area contributed by atoms with Crippen molar-refractivity contribution in [2.75, 3.05) is 4.93 Å². The zero-order valence-electron chi connectivity index (χ0n) is 2.79. The predicted octanol–water partition coefficient (Wildman–Crippen LogP) is 0.297. The molecule has 0 heterocycles. The van der Waals surface area contributed by atoms with Crippen molar-refractivity contribution >= 4 is 49.9 Å². The molecule has 0 rings (SSSR count). The van der Waals surface area contributed by atoms with Gasteiger partial charge in [0.25, 0.3) is 0 Å². The Morgan fingerprint density at radius 3 is 1.25 bits per heavy atom. The molecule has 0 atom stereocenters. The number of halogens is 1. The Hall–Kier alpha value is 1.61. The van der Waals surface area contributed by atoms with E-state index in [0.717, 1.165) is 0 Å². The molecule has 2 radical (unpaired) electrons. The molecule has 0 aromatic heterocycles. The molecule has 0 saturated carbocycles. The predicted molar refractivity (Wildman–Crippen MR) is 33.5 cm³/mol. The second kappa shape index (κ2) is 23.2. The summed E-state index contributed by atoms with van der Waals surface area (Å²) in [6.07, 6.45) is 0. The van der Waals surface area contributed by atoms with Crippen molar-refractivity contribution < 1.29 is 0 Å². The SMILES string of the molecule is CI.N.[PbH2]. The van der Waals surface area contributed by atoms with Crippen LogP contribution in [0.1, 0.15) is 0 Å². The van der Waals surface area contributed by atoms with Crippen LogP contribution in [-0.4, -0.2) is 32.2 Å². The van der Waals surface area contributed by atoms with Gasteiger partial charge in [-0.3, -0.25) is 0 Å². The first kappa shape index (κ1) is 17.5.